The Bertz CT molecular complexity index is 1130. The second-order valence-electron chi connectivity index (χ2n) is 7.55. The first-order valence-corrected chi connectivity index (χ1v) is 10.4. The summed E-state index contributed by atoms with van der Waals surface area (Å²) in [4.78, 5) is 11.1. The maximum absolute atomic E-state index is 15.3. The highest BCUT2D eigenvalue weighted by atomic mass is 19.1. The topological polar surface area (TPSA) is 85.0 Å². The fourth-order valence-electron chi connectivity index (χ4n) is 4.18. The molecule has 2 amide bonds. The van der Waals surface area contributed by atoms with Crippen LogP contribution in [0.15, 0.2) is 30.3 Å². The van der Waals surface area contributed by atoms with E-state index in [-0.39, 0.29) is 11.3 Å². The van der Waals surface area contributed by atoms with Gasteiger partial charge in [0.05, 0.1) is 22.8 Å². The SMILES string of the molecule is CCc1cccc(CC)c1-n1nc2c(c1-c1cc(F)c(NC(N)=O)cc1F)CNCC2. The van der Waals surface area contributed by atoms with Crippen LogP contribution in [-0.2, 0) is 25.8 Å². The van der Waals surface area contributed by atoms with E-state index in [0.29, 0.717) is 18.7 Å². The number of nitrogens with zero attached hydrogens (tertiary/aromatic N) is 2. The Kier molecular flexibility index (Phi) is 5.73. The van der Waals surface area contributed by atoms with Crippen molar-refractivity contribution in [1.82, 2.24) is 15.1 Å². The van der Waals surface area contributed by atoms with Gasteiger partial charge < -0.3 is 16.4 Å². The van der Waals surface area contributed by atoms with Crippen molar-refractivity contribution in [2.75, 3.05) is 11.9 Å². The summed E-state index contributed by atoms with van der Waals surface area (Å²) in [5.41, 5.74) is 10.2. The maximum atomic E-state index is 15.3. The van der Waals surface area contributed by atoms with Crippen molar-refractivity contribution in [3.8, 4) is 16.9 Å². The van der Waals surface area contributed by atoms with Crippen LogP contribution in [0.1, 0.15) is 36.2 Å². The standard InChI is InChI=1S/C23H25F2N5O/c1-3-13-6-5-7-14(4-2)21(13)30-22(16-12-27-9-8-19(16)29-30)15-10-18(25)20(11-17(15)24)28-23(26)31/h5-7,10-11,27H,3-4,8-9,12H2,1-2H3,(H3,26,28,31). The van der Waals surface area contributed by atoms with Crippen LogP contribution >= 0.6 is 0 Å². The van der Waals surface area contributed by atoms with Gasteiger partial charge in [0.1, 0.15) is 11.6 Å². The molecule has 0 aliphatic carbocycles. The molecule has 0 bridgehead atoms. The highest BCUT2D eigenvalue weighted by Gasteiger charge is 2.27. The Morgan fingerprint density at radius 3 is 2.55 bits per heavy atom. The molecule has 0 radical (unpaired) electrons. The van der Waals surface area contributed by atoms with Gasteiger partial charge in [-0.3, -0.25) is 0 Å². The Morgan fingerprint density at radius 1 is 1.19 bits per heavy atom. The minimum atomic E-state index is -0.956. The largest absolute Gasteiger partial charge is 0.351 e. The number of hydrogen-bond acceptors (Lipinski definition) is 3. The first kappa shape index (κ1) is 21.0. The van der Waals surface area contributed by atoms with Gasteiger partial charge in [-0.25, -0.2) is 18.3 Å². The molecule has 3 aromatic rings. The molecule has 1 aliphatic rings. The van der Waals surface area contributed by atoms with E-state index in [1.165, 1.54) is 0 Å². The zero-order chi connectivity index (χ0) is 22.1. The molecule has 0 unspecified atom stereocenters. The normalized spacial score (nSPS) is 13.2. The molecule has 162 valence electrons. The van der Waals surface area contributed by atoms with Gasteiger partial charge in [-0.2, -0.15) is 5.10 Å². The summed E-state index contributed by atoms with van der Waals surface area (Å²) in [6.07, 6.45) is 2.27. The minimum Gasteiger partial charge on any atom is -0.351 e. The molecule has 1 aromatic heterocycles. The summed E-state index contributed by atoms with van der Waals surface area (Å²) >= 11 is 0. The van der Waals surface area contributed by atoms with Crippen LogP contribution < -0.4 is 16.4 Å². The molecule has 1 aliphatic heterocycles. The Labute approximate surface area is 179 Å². The van der Waals surface area contributed by atoms with Crippen LogP contribution in [0.5, 0.6) is 0 Å². The number of carbonyl (C=O) groups excluding carboxylic acids is 1. The van der Waals surface area contributed by atoms with Gasteiger partial charge in [-0.15, -0.1) is 0 Å². The van der Waals surface area contributed by atoms with E-state index in [2.05, 4.69) is 24.5 Å². The van der Waals surface area contributed by atoms with E-state index in [0.717, 1.165) is 59.6 Å². The summed E-state index contributed by atoms with van der Waals surface area (Å²) in [5, 5.41) is 10.3. The smallest absolute Gasteiger partial charge is 0.316 e. The third-order valence-electron chi connectivity index (χ3n) is 5.65. The van der Waals surface area contributed by atoms with Crippen molar-refractivity contribution in [2.24, 2.45) is 5.73 Å². The Hall–Kier alpha value is -3.26. The number of amides is 2. The second-order valence-corrected chi connectivity index (χ2v) is 7.55. The average Bonchev–Trinajstić information content (AvgIpc) is 3.13. The van der Waals surface area contributed by atoms with E-state index < -0.39 is 17.7 Å². The number of rotatable bonds is 5. The van der Waals surface area contributed by atoms with Gasteiger partial charge in [0.2, 0.25) is 0 Å². The highest BCUT2D eigenvalue weighted by Crippen LogP contribution is 2.36. The first-order valence-electron chi connectivity index (χ1n) is 10.4. The Balaban J connectivity index is 2.00. The fourth-order valence-corrected chi connectivity index (χ4v) is 4.18. The van der Waals surface area contributed by atoms with Gasteiger partial charge >= 0.3 is 6.03 Å². The van der Waals surface area contributed by atoms with Crippen molar-refractivity contribution >= 4 is 11.7 Å². The molecule has 0 spiro atoms. The van der Waals surface area contributed by atoms with E-state index in [1.54, 1.807) is 4.68 Å². The quantitative estimate of drug-likeness (QED) is 0.576. The molecule has 0 saturated heterocycles. The number of nitrogens with two attached hydrogens (primary N) is 1. The van der Waals surface area contributed by atoms with Crippen molar-refractivity contribution in [3.63, 3.8) is 0 Å². The molecule has 0 saturated carbocycles. The molecule has 31 heavy (non-hydrogen) atoms. The van der Waals surface area contributed by atoms with Crippen molar-refractivity contribution in [3.05, 3.63) is 64.4 Å². The number of fused-ring (bicyclic) bond motifs is 1. The minimum absolute atomic E-state index is 0.0953. The molecule has 8 heteroatoms. The maximum Gasteiger partial charge on any atom is 0.316 e. The summed E-state index contributed by atoms with van der Waals surface area (Å²) in [7, 11) is 0. The number of benzene rings is 2. The van der Waals surface area contributed by atoms with Crippen LogP contribution in [0.25, 0.3) is 16.9 Å². The lowest BCUT2D eigenvalue weighted by molar-refractivity contribution is 0.259. The summed E-state index contributed by atoms with van der Waals surface area (Å²) < 4.78 is 31.8. The molecule has 0 fully saturated rings. The van der Waals surface area contributed by atoms with Gasteiger partial charge in [0, 0.05) is 36.7 Å². The lowest BCUT2D eigenvalue weighted by atomic mass is 9.99. The number of nitrogens with one attached hydrogen (secondary N) is 2. The molecule has 2 aromatic carbocycles. The number of halogens is 2. The average molecular weight is 425 g/mol. The van der Waals surface area contributed by atoms with E-state index in [4.69, 9.17) is 10.8 Å². The predicted octanol–water partition coefficient (Wildman–Crippen LogP) is 4.08. The molecule has 4 rings (SSSR count). The summed E-state index contributed by atoms with van der Waals surface area (Å²) in [6, 6.07) is 7.19. The van der Waals surface area contributed by atoms with Gasteiger partial charge in [-0.1, -0.05) is 32.0 Å². The molecule has 4 N–H and O–H groups in total. The molecular weight excluding hydrogens is 400 g/mol. The number of urea groups is 1. The van der Waals surface area contributed by atoms with E-state index in [9.17, 15) is 9.18 Å². The first-order chi connectivity index (χ1) is 14.9. The highest BCUT2D eigenvalue weighted by molar-refractivity contribution is 5.88. The van der Waals surface area contributed by atoms with E-state index in [1.807, 2.05) is 18.2 Å². The lowest BCUT2D eigenvalue weighted by Crippen LogP contribution is -2.23. The number of primary amides is 1. The summed E-state index contributed by atoms with van der Waals surface area (Å²) in [6.45, 7) is 5.42. The zero-order valence-electron chi connectivity index (χ0n) is 17.6. The van der Waals surface area contributed by atoms with Crippen molar-refractivity contribution in [2.45, 2.75) is 39.7 Å². The predicted molar refractivity (Wildman–Crippen MR) is 116 cm³/mol. The second kappa shape index (κ2) is 8.47. The van der Waals surface area contributed by atoms with Gasteiger partial charge in [0.25, 0.3) is 0 Å². The number of aromatic nitrogens is 2. The summed E-state index contributed by atoms with van der Waals surface area (Å²) in [5.74, 6) is -1.42. The van der Waals surface area contributed by atoms with Crippen LogP contribution in [-0.4, -0.2) is 22.4 Å². The fraction of sp³-hybridized carbons (Fsp3) is 0.304. The van der Waals surface area contributed by atoms with Gasteiger partial charge in [-0.05, 0) is 30.0 Å². The van der Waals surface area contributed by atoms with Crippen LogP contribution in [0.4, 0.5) is 19.3 Å². The molecular formula is C23H25F2N5O. The number of anilines is 1. The Morgan fingerprint density at radius 2 is 1.90 bits per heavy atom. The number of para-hydroxylation sites is 1. The van der Waals surface area contributed by atoms with Gasteiger partial charge in [0.15, 0.2) is 0 Å². The molecule has 2 heterocycles. The van der Waals surface area contributed by atoms with Crippen LogP contribution in [0, 0.1) is 11.6 Å². The third kappa shape index (κ3) is 3.79. The molecule has 6 nitrogen and oxygen atoms in total. The van der Waals surface area contributed by atoms with E-state index >= 15 is 4.39 Å². The van der Waals surface area contributed by atoms with Crippen LogP contribution in [0.2, 0.25) is 0 Å². The number of hydrogen-bond donors (Lipinski definition) is 3. The third-order valence-corrected chi connectivity index (χ3v) is 5.65. The lowest BCUT2D eigenvalue weighted by Gasteiger charge is -2.18. The number of carbonyl (C=O) groups is 1. The van der Waals surface area contributed by atoms with Crippen molar-refractivity contribution in [1.29, 1.82) is 0 Å². The van der Waals surface area contributed by atoms with Crippen LogP contribution in [0.3, 0.4) is 0 Å². The monoisotopic (exact) mass is 425 g/mol. The molecule has 0 atom stereocenters. The van der Waals surface area contributed by atoms with Crippen molar-refractivity contribution < 1.29 is 13.6 Å². The number of aryl methyl sites for hydroxylation is 2. The zero-order valence-corrected chi connectivity index (χ0v) is 17.6.